The molecule has 20 heavy (non-hydrogen) atoms. The molecular formula is C14H23N5O. The van der Waals surface area contributed by atoms with Gasteiger partial charge in [0.1, 0.15) is 5.82 Å². The summed E-state index contributed by atoms with van der Waals surface area (Å²) in [6, 6.07) is 3.43. The third kappa shape index (κ3) is 4.16. The number of hydrogen-bond donors (Lipinski definition) is 2. The lowest BCUT2D eigenvalue weighted by atomic mass is 9.94. The zero-order valence-corrected chi connectivity index (χ0v) is 12.2. The Bertz CT molecular complexity index is 426. The number of rotatable bonds is 5. The van der Waals surface area contributed by atoms with Crippen LogP contribution in [0.2, 0.25) is 0 Å². The van der Waals surface area contributed by atoms with E-state index in [1.165, 1.54) is 12.8 Å². The van der Waals surface area contributed by atoms with Crippen molar-refractivity contribution in [3.8, 4) is 0 Å². The van der Waals surface area contributed by atoms with Crippen molar-refractivity contribution in [2.75, 3.05) is 39.0 Å². The first kappa shape index (κ1) is 14.7. The van der Waals surface area contributed by atoms with Crippen LogP contribution < -0.4 is 10.6 Å². The maximum Gasteiger partial charge on any atom is 0.271 e. The first-order valence-electron chi connectivity index (χ1n) is 7.17. The highest BCUT2D eigenvalue weighted by molar-refractivity contribution is 5.92. The molecule has 0 saturated carbocycles. The Kier molecular flexibility index (Phi) is 5.29. The van der Waals surface area contributed by atoms with E-state index in [1.807, 2.05) is 0 Å². The second-order valence-electron chi connectivity index (χ2n) is 5.35. The minimum Gasteiger partial charge on any atom is -0.372 e. The van der Waals surface area contributed by atoms with E-state index in [-0.39, 0.29) is 5.91 Å². The molecule has 1 aliphatic heterocycles. The predicted molar refractivity (Wildman–Crippen MR) is 78.7 cm³/mol. The quantitative estimate of drug-likeness (QED) is 0.839. The summed E-state index contributed by atoms with van der Waals surface area (Å²) in [7, 11) is 3.93. The Morgan fingerprint density at radius 1 is 1.35 bits per heavy atom. The predicted octanol–water partition coefficient (Wildman–Crippen LogP) is 0.980. The first-order valence-corrected chi connectivity index (χ1v) is 7.17. The van der Waals surface area contributed by atoms with Gasteiger partial charge >= 0.3 is 0 Å². The molecule has 1 saturated heterocycles. The van der Waals surface area contributed by atoms with Crippen molar-refractivity contribution < 1.29 is 4.79 Å². The maximum absolute atomic E-state index is 11.9. The molecule has 0 spiro atoms. The fourth-order valence-electron chi connectivity index (χ4n) is 2.42. The van der Waals surface area contributed by atoms with E-state index in [0.29, 0.717) is 18.1 Å². The van der Waals surface area contributed by atoms with Crippen LogP contribution in [0.1, 0.15) is 29.8 Å². The van der Waals surface area contributed by atoms with Gasteiger partial charge in [0.25, 0.3) is 5.91 Å². The number of carbonyl (C=O) groups excluding carboxylic acids is 1. The SMILES string of the molecule is CNc1ccc(C(=O)NCCC2CCN(C)CC2)nn1. The molecule has 0 atom stereocenters. The highest BCUT2D eigenvalue weighted by Crippen LogP contribution is 2.18. The Balaban J connectivity index is 1.71. The van der Waals surface area contributed by atoms with Crippen molar-refractivity contribution in [2.24, 2.45) is 5.92 Å². The second-order valence-corrected chi connectivity index (χ2v) is 5.35. The molecule has 0 radical (unpaired) electrons. The lowest BCUT2D eigenvalue weighted by Gasteiger charge is -2.28. The van der Waals surface area contributed by atoms with E-state index < -0.39 is 0 Å². The van der Waals surface area contributed by atoms with Gasteiger partial charge in [-0.2, -0.15) is 0 Å². The maximum atomic E-state index is 11.9. The van der Waals surface area contributed by atoms with Crippen LogP contribution in [0.4, 0.5) is 5.82 Å². The van der Waals surface area contributed by atoms with E-state index in [4.69, 9.17) is 0 Å². The van der Waals surface area contributed by atoms with Crippen molar-refractivity contribution in [2.45, 2.75) is 19.3 Å². The monoisotopic (exact) mass is 277 g/mol. The number of anilines is 1. The van der Waals surface area contributed by atoms with E-state index >= 15 is 0 Å². The summed E-state index contributed by atoms with van der Waals surface area (Å²) in [4.78, 5) is 14.3. The van der Waals surface area contributed by atoms with E-state index in [2.05, 4.69) is 32.8 Å². The molecule has 2 N–H and O–H groups in total. The molecular weight excluding hydrogens is 254 g/mol. The van der Waals surface area contributed by atoms with Crippen molar-refractivity contribution in [3.05, 3.63) is 17.8 Å². The Morgan fingerprint density at radius 3 is 2.70 bits per heavy atom. The van der Waals surface area contributed by atoms with Crippen LogP contribution in [-0.2, 0) is 0 Å². The lowest BCUT2D eigenvalue weighted by molar-refractivity contribution is 0.0943. The molecule has 1 aliphatic rings. The number of piperidine rings is 1. The van der Waals surface area contributed by atoms with Gasteiger partial charge in [-0.05, 0) is 57.5 Å². The number of nitrogens with zero attached hydrogens (tertiary/aromatic N) is 3. The van der Waals surface area contributed by atoms with Gasteiger partial charge in [0.15, 0.2) is 5.69 Å². The zero-order chi connectivity index (χ0) is 14.4. The number of amides is 1. The summed E-state index contributed by atoms with van der Waals surface area (Å²) in [6.07, 6.45) is 3.49. The topological polar surface area (TPSA) is 70.2 Å². The molecule has 2 rings (SSSR count). The van der Waals surface area contributed by atoms with Gasteiger partial charge in [-0.25, -0.2) is 0 Å². The van der Waals surface area contributed by atoms with Gasteiger partial charge in [-0.1, -0.05) is 0 Å². The zero-order valence-electron chi connectivity index (χ0n) is 12.2. The van der Waals surface area contributed by atoms with Crippen LogP contribution in [0.15, 0.2) is 12.1 Å². The summed E-state index contributed by atoms with van der Waals surface area (Å²) in [5.74, 6) is 1.24. The average molecular weight is 277 g/mol. The highest BCUT2D eigenvalue weighted by Gasteiger charge is 2.16. The van der Waals surface area contributed by atoms with Crippen molar-refractivity contribution in [1.82, 2.24) is 20.4 Å². The third-order valence-corrected chi connectivity index (χ3v) is 3.83. The molecule has 0 aromatic carbocycles. The normalized spacial score (nSPS) is 16.9. The number of hydrogen-bond acceptors (Lipinski definition) is 5. The standard InChI is InChI=1S/C14H23N5O/c1-15-13-4-3-12(17-18-13)14(20)16-8-5-11-6-9-19(2)10-7-11/h3-4,11H,5-10H2,1-2H3,(H,15,18)(H,16,20). The summed E-state index contributed by atoms with van der Waals surface area (Å²) in [5.41, 5.74) is 0.368. The second kappa shape index (κ2) is 7.19. The molecule has 6 nitrogen and oxygen atoms in total. The summed E-state index contributed by atoms with van der Waals surface area (Å²) < 4.78 is 0. The Labute approximate surface area is 120 Å². The van der Waals surface area contributed by atoms with Gasteiger partial charge in [0, 0.05) is 13.6 Å². The summed E-state index contributed by atoms with van der Waals surface area (Å²) in [6.45, 7) is 3.04. The Morgan fingerprint density at radius 2 is 2.10 bits per heavy atom. The average Bonchev–Trinajstić information content (AvgIpc) is 2.49. The van der Waals surface area contributed by atoms with Crippen LogP contribution in [-0.4, -0.2) is 54.7 Å². The number of nitrogens with one attached hydrogen (secondary N) is 2. The van der Waals surface area contributed by atoms with E-state index in [0.717, 1.165) is 25.4 Å². The van der Waals surface area contributed by atoms with E-state index in [9.17, 15) is 4.79 Å². The fraction of sp³-hybridized carbons (Fsp3) is 0.643. The molecule has 6 heteroatoms. The molecule has 0 unspecified atom stereocenters. The number of carbonyl (C=O) groups is 1. The highest BCUT2D eigenvalue weighted by atomic mass is 16.1. The van der Waals surface area contributed by atoms with Gasteiger partial charge in [-0.3, -0.25) is 4.79 Å². The molecule has 1 amide bonds. The van der Waals surface area contributed by atoms with Gasteiger partial charge in [-0.15, -0.1) is 10.2 Å². The summed E-state index contributed by atoms with van der Waals surface area (Å²) in [5, 5.41) is 13.6. The van der Waals surface area contributed by atoms with Crippen molar-refractivity contribution in [1.29, 1.82) is 0 Å². The molecule has 1 aromatic heterocycles. The van der Waals surface area contributed by atoms with E-state index in [1.54, 1.807) is 19.2 Å². The van der Waals surface area contributed by atoms with Crippen molar-refractivity contribution in [3.63, 3.8) is 0 Å². The minimum absolute atomic E-state index is 0.145. The van der Waals surface area contributed by atoms with Crippen molar-refractivity contribution >= 4 is 11.7 Å². The molecule has 2 heterocycles. The Hall–Kier alpha value is -1.69. The molecule has 1 fully saturated rings. The van der Waals surface area contributed by atoms with Crippen LogP contribution in [0.25, 0.3) is 0 Å². The smallest absolute Gasteiger partial charge is 0.271 e. The first-order chi connectivity index (χ1) is 9.69. The number of likely N-dealkylation sites (tertiary alicyclic amines) is 1. The molecule has 0 aliphatic carbocycles. The van der Waals surface area contributed by atoms with Gasteiger partial charge in [0.05, 0.1) is 0 Å². The molecule has 0 bridgehead atoms. The van der Waals surface area contributed by atoms with Crippen LogP contribution in [0.3, 0.4) is 0 Å². The van der Waals surface area contributed by atoms with Crippen LogP contribution >= 0.6 is 0 Å². The van der Waals surface area contributed by atoms with Crippen LogP contribution in [0.5, 0.6) is 0 Å². The fourth-order valence-corrected chi connectivity index (χ4v) is 2.42. The van der Waals surface area contributed by atoms with Gasteiger partial charge < -0.3 is 15.5 Å². The van der Waals surface area contributed by atoms with Gasteiger partial charge in [0.2, 0.25) is 0 Å². The van der Waals surface area contributed by atoms with Crippen LogP contribution in [0, 0.1) is 5.92 Å². The lowest BCUT2D eigenvalue weighted by Crippen LogP contribution is -2.33. The molecule has 110 valence electrons. The molecule has 1 aromatic rings. The summed E-state index contributed by atoms with van der Waals surface area (Å²) >= 11 is 0. The largest absolute Gasteiger partial charge is 0.372 e. The minimum atomic E-state index is -0.145. The third-order valence-electron chi connectivity index (χ3n) is 3.83. The number of aromatic nitrogens is 2.